The summed E-state index contributed by atoms with van der Waals surface area (Å²) in [6, 6.07) is 31.0. The average molecular weight is 376 g/mol. The number of fused-ring (bicyclic) bond motifs is 2. The van der Waals surface area contributed by atoms with Crippen molar-refractivity contribution in [2.24, 2.45) is 0 Å². The Balaban J connectivity index is 1.71. The third kappa shape index (κ3) is 3.34. The number of aryl methyl sites for hydroxylation is 2. The molecule has 0 unspecified atom stereocenters. The lowest BCUT2D eigenvalue weighted by molar-refractivity contribution is 0.984. The summed E-state index contributed by atoms with van der Waals surface area (Å²) >= 11 is 0. The van der Waals surface area contributed by atoms with Crippen LogP contribution in [0.3, 0.4) is 0 Å². The number of allylic oxidation sites excluding steroid dienone is 1. The Morgan fingerprint density at radius 1 is 0.759 bits per heavy atom. The fraction of sp³-hybridized carbons (Fsp3) is 0.143. The minimum absolute atomic E-state index is 1.07. The molecule has 0 saturated heterocycles. The Hall–Kier alpha value is -3.32. The summed E-state index contributed by atoms with van der Waals surface area (Å²) in [4.78, 5) is 2.39. The predicted molar refractivity (Wildman–Crippen MR) is 125 cm³/mol. The maximum absolute atomic E-state index is 2.39. The van der Waals surface area contributed by atoms with Gasteiger partial charge in [-0.25, -0.2) is 0 Å². The van der Waals surface area contributed by atoms with Crippen molar-refractivity contribution in [1.29, 1.82) is 0 Å². The van der Waals surface area contributed by atoms with Gasteiger partial charge in [-0.05, 0) is 71.5 Å². The maximum Gasteiger partial charge on any atom is 0.0536 e. The fourth-order valence-corrected chi connectivity index (χ4v) is 4.29. The molecule has 1 aliphatic rings. The second-order valence-corrected chi connectivity index (χ2v) is 7.68. The molecule has 1 aliphatic carbocycles. The maximum atomic E-state index is 2.39. The molecule has 4 aromatic carbocycles. The predicted octanol–water partition coefficient (Wildman–Crippen LogP) is 7.83. The molecule has 0 bridgehead atoms. The van der Waals surface area contributed by atoms with Crippen LogP contribution < -0.4 is 4.90 Å². The highest BCUT2D eigenvalue weighted by Gasteiger charge is 2.18. The first-order chi connectivity index (χ1) is 14.3. The van der Waals surface area contributed by atoms with Crippen LogP contribution in [0, 0.1) is 0 Å². The Labute approximate surface area is 172 Å². The number of anilines is 3. The normalized spacial score (nSPS) is 12.7. The number of nitrogens with zero attached hydrogens (tertiary/aromatic N) is 1. The van der Waals surface area contributed by atoms with Crippen molar-refractivity contribution in [2.75, 3.05) is 4.90 Å². The van der Waals surface area contributed by atoms with Crippen molar-refractivity contribution in [3.63, 3.8) is 0 Å². The second-order valence-electron chi connectivity index (χ2n) is 7.68. The summed E-state index contributed by atoms with van der Waals surface area (Å²) in [5.74, 6) is 0. The lowest BCUT2D eigenvalue weighted by atomic mass is 9.95. The third-order valence-corrected chi connectivity index (χ3v) is 5.85. The zero-order chi connectivity index (χ0) is 19.6. The van der Waals surface area contributed by atoms with Gasteiger partial charge in [0.2, 0.25) is 0 Å². The largest absolute Gasteiger partial charge is 0.310 e. The Morgan fingerprint density at radius 2 is 1.59 bits per heavy atom. The van der Waals surface area contributed by atoms with Crippen LogP contribution in [0.2, 0.25) is 0 Å². The zero-order valence-corrected chi connectivity index (χ0v) is 16.8. The molecule has 29 heavy (non-hydrogen) atoms. The lowest BCUT2D eigenvalue weighted by Crippen LogP contribution is -2.12. The van der Waals surface area contributed by atoms with Crippen LogP contribution in [-0.2, 0) is 12.8 Å². The van der Waals surface area contributed by atoms with Gasteiger partial charge in [-0.15, -0.1) is 0 Å². The van der Waals surface area contributed by atoms with Gasteiger partial charge in [-0.1, -0.05) is 73.7 Å². The van der Waals surface area contributed by atoms with E-state index in [1.165, 1.54) is 44.5 Å². The Kier molecular flexibility index (Phi) is 4.65. The zero-order valence-electron chi connectivity index (χ0n) is 16.8. The molecule has 0 spiro atoms. The highest BCUT2D eigenvalue weighted by atomic mass is 15.1. The minimum Gasteiger partial charge on any atom is -0.310 e. The van der Waals surface area contributed by atoms with E-state index in [4.69, 9.17) is 0 Å². The van der Waals surface area contributed by atoms with Gasteiger partial charge < -0.3 is 4.90 Å². The van der Waals surface area contributed by atoms with Crippen LogP contribution in [0.5, 0.6) is 0 Å². The summed E-state index contributed by atoms with van der Waals surface area (Å²) in [7, 11) is 0. The summed E-state index contributed by atoms with van der Waals surface area (Å²) in [5, 5.41) is 2.58. The highest BCUT2D eigenvalue weighted by molar-refractivity contribution is 5.91. The van der Waals surface area contributed by atoms with Crippen molar-refractivity contribution in [1.82, 2.24) is 0 Å². The molecule has 0 fully saturated rings. The minimum atomic E-state index is 1.07. The van der Waals surface area contributed by atoms with Crippen LogP contribution in [0.1, 0.15) is 30.0 Å². The van der Waals surface area contributed by atoms with Crippen molar-refractivity contribution >= 4 is 33.9 Å². The summed E-state index contributed by atoms with van der Waals surface area (Å²) in [5.41, 5.74) is 7.77. The average Bonchev–Trinajstić information content (AvgIpc) is 2.80. The first-order valence-corrected chi connectivity index (χ1v) is 10.5. The van der Waals surface area contributed by atoms with E-state index < -0.39 is 0 Å². The van der Waals surface area contributed by atoms with Gasteiger partial charge in [0.25, 0.3) is 0 Å². The molecule has 0 atom stereocenters. The molecular weight excluding hydrogens is 350 g/mol. The van der Waals surface area contributed by atoms with E-state index >= 15 is 0 Å². The SMILES string of the molecule is CCc1ccc2cc(N(c3ccccc3)c3cccc4c3C=CCC4)ccc2c1. The van der Waals surface area contributed by atoms with Gasteiger partial charge in [0.1, 0.15) is 0 Å². The highest BCUT2D eigenvalue weighted by Crippen LogP contribution is 2.40. The topological polar surface area (TPSA) is 3.24 Å². The molecule has 0 heterocycles. The van der Waals surface area contributed by atoms with E-state index in [-0.39, 0.29) is 0 Å². The van der Waals surface area contributed by atoms with Gasteiger partial charge in [0, 0.05) is 16.9 Å². The second kappa shape index (κ2) is 7.60. The van der Waals surface area contributed by atoms with E-state index in [9.17, 15) is 0 Å². The molecule has 0 radical (unpaired) electrons. The van der Waals surface area contributed by atoms with Crippen LogP contribution in [0.15, 0.2) is 91.0 Å². The molecule has 142 valence electrons. The summed E-state index contributed by atoms with van der Waals surface area (Å²) < 4.78 is 0. The van der Waals surface area contributed by atoms with E-state index in [0.29, 0.717) is 0 Å². The van der Waals surface area contributed by atoms with Gasteiger partial charge in [0.15, 0.2) is 0 Å². The number of para-hydroxylation sites is 1. The number of rotatable bonds is 4. The van der Waals surface area contributed by atoms with E-state index in [1.54, 1.807) is 0 Å². The Bertz CT molecular complexity index is 1190. The van der Waals surface area contributed by atoms with Gasteiger partial charge >= 0.3 is 0 Å². The molecule has 1 nitrogen and oxygen atoms in total. The molecule has 1 heteroatoms. The van der Waals surface area contributed by atoms with E-state index in [1.807, 2.05) is 0 Å². The molecule has 0 amide bonds. The molecule has 0 aliphatic heterocycles. The Morgan fingerprint density at radius 3 is 2.45 bits per heavy atom. The molecule has 5 rings (SSSR count). The van der Waals surface area contributed by atoms with Crippen LogP contribution in [0.25, 0.3) is 16.8 Å². The molecule has 0 aromatic heterocycles. The van der Waals surface area contributed by atoms with E-state index in [2.05, 4.69) is 109 Å². The van der Waals surface area contributed by atoms with Crippen molar-refractivity contribution < 1.29 is 0 Å². The van der Waals surface area contributed by atoms with Crippen molar-refractivity contribution in [2.45, 2.75) is 26.2 Å². The number of hydrogen-bond donors (Lipinski definition) is 0. The van der Waals surface area contributed by atoms with Crippen molar-refractivity contribution in [3.05, 3.63) is 108 Å². The number of hydrogen-bond acceptors (Lipinski definition) is 1. The van der Waals surface area contributed by atoms with E-state index in [0.717, 1.165) is 19.3 Å². The molecule has 0 N–H and O–H groups in total. The number of benzene rings is 4. The molecule has 0 saturated carbocycles. The fourth-order valence-electron chi connectivity index (χ4n) is 4.29. The van der Waals surface area contributed by atoms with Crippen LogP contribution in [0.4, 0.5) is 17.1 Å². The lowest BCUT2D eigenvalue weighted by Gasteiger charge is -2.29. The smallest absolute Gasteiger partial charge is 0.0536 e. The first-order valence-electron chi connectivity index (χ1n) is 10.5. The van der Waals surface area contributed by atoms with Crippen LogP contribution in [-0.4, -0.2) is 0 Å². The quantitative estimate of drug-likeness (QED) is 0.351. The summed E-state index contributed by atoms with van der Waals surface area (Å²) in [6.07, 6.45) is 7.88. The van der Waals surface area contributed by atoms with Crippen molar-refractivity contribution in [3.8, 4) is 0 Å². The molecular formula is C28H25N. The third-order valence-electron chi connectivity index (χ3n) is 5.85. The molecule has 4 aromatic rings. The monoisotopic (exact) mass is 375 g/mol. The van der Waals surface area contributed by atoms with Gasteiger partial charge in [-0.2, -0.15) is 0 Å². The van der Waals surface area contributed by atoms with Gasteiger partial charge in [0.05, 0.1) is 5.69 Å². The van der Waals surface area contributed by atoms with Gasteiger partial charge in [-0.3, -0.25) is 0 Å². The standard InChI is InChI=1S/C28H25N/c1-2-21-15-16-24-20-26(18-17-23(24)19-21)29(25-11-4-3-5-12-25)28-14-8-10-22-9-6-7-13-27(22)28/h3-5,7-8,10-20H,2,6,9H2,1H3. The summed E-state index contributed by atoms with van der Waals surface area (Å²) in [6.45, 7) is 2.21. The van der Waals surface area contributed by atoms with Crippen LogP contribution >= 0.6 is 0 Å². The first kappa shape index (κ1) is 17.8.